The Morgan fingerprint density at radius 1 is 1.04 bits per heavy atom. The fourth-order valence-electron chi connectivity index (χ4n) is 4.46. The van der Waals surface area contributed by atoms with Crippen molar-refractivity contribution in [3.05, 3.63) is 0 Å². The monoisotopic (exact) mass is 386 g/mol. The minimum Gasteiger partial charge on any atom is -0.480 e. The summed E-state index contributed by atoms with van der Waals surface area (Å²) in [6.45, 7) is 8.90. The first-order valence-electron chi connectivity index (χ1n) is 10.9. The van der Waals surface area contributed by atoms with Crippen LogP contribution >= 0.6 is 7.26 Å². The summed E-state index contributed by atoms with van der Waals surface area (Å²) in [6, 6.07) is -0.594. The van der Waals surface area contributed by atoms with E-state index in [4.69, 9.17) is 0 Å². The van der Waals surface area contributed by atoms with Crippen LogP contribution in [0.5, 0.6) is 0 Å². The van der Waals surface area contributed by atoms with Crippen LogP contribution in [0.25, 0.3) is 0 Å². The van der Waals surface area contributed by atoms with Gasteiger partial charge in [0.25, 0.3) is 0 Å². The molecule has 1 heterocycles. The molecule has 2 unspecified atom stereocenters. The van der Waals surface area contributed by atoms with Crippen molar-refractivity contribution >= 4 is 19.1 Å². The molecule has 2 atom stereocenters. The summed E-state index contributed by atoms with van der Waals surface area (Å²) < 4.78 is 0. The van der Waals surface area contributed by atoms with E-state index in [1.54, 1.807) is 0 Å². The molecule has 0 bridgehead atoms. The highest BCUT2D eigenvalue weighted by atomic mass is 31.2. The van der Waals surface area contributed by atoms with Gasteiger partial charge < -0.3 is 5.11 Å². The predicted octanol–water partition coefficient (Wildman–Crippen LogP) is 5.61. The molecule has 1 aliphatic rings. The third-order valence-electron chi connectivity index (χ3n) is 5.91. The molecule has 1 fully saturated rings. The molecular formula is C21H41NO3P+. The van der Waals surface area contributed by atoms with Crippen molar-refractivity contribution in [3.63, 3.8) is 0 Å². The molecule has 1 amide bonds. The Bertz CT molecular complexity index is 419. The molecule has 26 heavy (non-hydrogen) atoms. The Hall–Kier alpha value is -0.630. The number of nitrogens with zero attached hydrogens (tertiary/aromatic N) is 1. The number of carbonyl (C=O) groups excluding carboxylic acids is 1. The lowest BCUT2D eigenvalue weighted by Crippen LogP contribution is -2.48. The van der Waals surface area contributed by atoms with Gasteiger partial charge in [-0.3, -0.25) is 9.69 Å². The number of rotatable bonds is 14. The van der Waals surface area contributed by atoms with E-state index in [-0.39, 0.29) is 11.7 Å². The second-order valence-electron chi connectivity index (χ2n) is 7.91. The van der Waals surface area contributed by atoms with Gasteiger partial charge in [-0.15, -0.1) is 0 Å². The van der Waals surface area contributed by atoms with E-state index in [0.29, 0.717) is 12.8 Å². The first-order valence-corrected chi connectivity index (χ1v) is 13.3. The highest BCUT2D eigenvalue weighted by Gasteiger charge is 2.52. The molecule has 1 rings (SSSR count). The van der Waals surface area contributed by atoms with E-state index in [9.17, 15) is 14.7 Å². The van der Waals surface area contributed by atoms with Gasteiger partial charge in [0.05, 0.1) is 18.5 Å². The zero-order valence-corrected chi connectivity index (χ0v) is 18.4. The maximum Gasteiger partial charge on any atom is 0.326 e. The number of amides is 1. The molecule has 0 aliphatic carbocycles. The van der Waals surface area contributed by atoms with Gasteiger partial charge in [0.15, 0.2) is 0 Å². The average Bonchev–Trinajstić information content (AvgIpc) is 3.01. The maximum absolute atomic E-state index is 12.8. The number of aliphatic carboxylic acids is 1. The average molecular weight is 387 g/mol. The molecule has 0 aromatic carbocycles. The zero-order chi connectivity index (χ0) is 19.6. The lowest BCUT2D eigenvalue weighted by atomic mass is 10.2. The second kappa shape index (κ2) is 12.0. The molecule has 152 valence electrons. The van der Waals surface area contributed by atoms with Crippen LogP contribution in [0.15, 0.2) is 0 Å². The van der Waals surface area contributed by atoms with Crippen LogP contribution in [0, 0.1) is 0 Å². The van der Waals surface area contributed by atoms with E-state index in [1.807, 2.05) is 4.90 Å². The van der Waals surface area contributed by atoms with Crippen molar-refractivity contribution in [1.29, 1.82) is 0 Å². The summed E-state index contributed by atoms with van der Waals surface area (Å²) in [4.78, 5) is 26.5. The Balaban J connectivity index is 3.29. The summed E-state index contributed by atoms with van der Waals surface area (Å²) in [5.74, 6) is -0.533. The van der Waals surface area contributed by atoms with Crippen molar-refractivity contribution < 1.29 is 14.7 Å². The van der Waals surface area contributed by atoms with Crippen molar-refractivity contribution in [2.24, 2.45) is 0 Å². The number of carboxylic acids is 1. The summed E-state index contributed by atoms with van der Waals surface area (Å²) >= 11 is 0. The molecule has 0 radical (unpaired) electrons. The number of unbranched alkanes of at least 4 members (excludes halogenated alkanes) is 3. The third-order valence-corrected chi connectivity index (χ3v) is 11.3. The summed E-state index contributed by atoms with van der Waals surface area (Å²) in [6.07, 6.45) is 13.7. The molecular weight excluding hydrogens is 345 g/mol. The molecule has 0 saturated carbocycles. The molecule has 5 heteroatoms. The van der Waals surface area contributed by atoms with E-state index in [2.05, 4.69) is 27.7 Å². The normalized spacial score (nSPS) is 19.2. The van der Waals surface area contributed by atoms with Gasteiger partial charge in [0, 0.05) is 20.1 Å². The van der Waals surface area contributed by atoms with Gasteiger partial charge in [0.2, 0.25) is 5.91 Å². The number of carboxylic acid groups (broad SMARTS) is 1. The first kappa shape index (κ1) is 23.4. The summed E-state index contributed by atoms with van der Waals surface area (Å²) in [7, 11) is -1.39. The lowest BCUT2D eigenvalue weighted by molar-refractivity contribution is -0.146. The van der Waals surface area contributed by atoms with Crippen LogP contribution in [-0.2, 0) is 9.59 Å². The van der Waals surface area contributed by atoms with Crippen LogP contribution in [0.3, 0.4) is 0 Å². The lowest BCUT2D eigenvalue weighted by Gasteiger charge is -2.41. The predicted molar refractivity (Wildman–Crippen MR) is 112 cm³/mol. The van der Waals surface area contributed by atoms with Gasteiger partial charge in [0.1, 0.15) is 11.8 Å². The fraction of sp³-hybridized carbons (Fsp3) is 0.905. The molecule has 4 nitrogen and oxygen atoms in total. The standard InChI is InChI=1S/C21H40NO3P/c1-5-9-15-26(16-10-6-2,17-11-7-3)20(12-8-4)22-18(21(24)25)13-14-19(22)23/h18,20H,5-17H2,1-4H3/p+1. The van der Waals surface area contributed by atoms with Crippen molar-refractivity contribution in [1.82, 2.24) is 4.90 Å². The summed E-state index contributed by atoms with van der Waals surface area (Å²) in [5.41, 5.74) is 0. The van der Waals surface area contributed by atoms with E-state index >= 15 is 0 Å². The number of hydrogen-bond donors (Lipinski definition) is 1. The minimum absolute atomic E-state index is 0.0877. The van der Waals surface area contributed by atoms with E-state index in [0.717, 1.165) is 12.8 Å². The highest BCUT2D eigenvalue weighted by molar-refractivity contribution is 7.76. The van der Waals surface area contributed by atoms with Crippen molar-refractivity contribution in [2.75, 3.05) is 18.5 Å². The SMILES string of the molecule is CCCC[P+](CCCC)(CCCC)C(CCC)N1C(=O)CCC1C(=O)O. The quantitative estimate of drug-likeness (QED) is 0.395. The molecule has 1 saturated heterocycles. The smallest absolute Gasteiger partial charge is 0.326 e. The fourth-order valence-corrected chi connectivity index (χ4v) is 10.5. The molecule has 1 aliphatic heterocycles. The molecule has 0 aromatic rings. The third kappa shape index (κ3) is 5.94. The number of carbonyl (C=O) groups is 2. The Morgan fingerprint density at radius 3 is 1.92 bits per heavy atom. The van der Waals surface area contributed by atoms with Gasteiger partial charge >= 0.3 is 5.97 Å². The van der Waals surface area contributed by atoms with Crippen LogP contribution in [-0.4, -0.2) is 52.2 Å². The summed E-state index contributed by atoms with van der Waals surface area (Å²) in [5, 5.41) is 9.73. The Morgan fingerprint density at radius 2 is 1.54 bits per heavy atom. The van der Waals surface area contributed by atoms with Crippen LogP contribution in [0.4, 0.5) is 0 Å². The molecule has 1 N–H and O–H groups in total. The van der Waals surface area contributed by atoms with Gasteiger partial charge in [-0.1, -0.05) is 53.4 Å². The van der Waals surface area contributed by atoms with Crippen LogP contribution < -0.4 is 0 Å². The van der Waals surface area contributed by atoms with Gasteiger partial charge in [-0.25, -0.2) is 4.79 Å². The Labute approximate surface area is 161 Å². The van der Waals surface area contributed by atoms with Gasteiger partial charge in [-0.05, 0) is 25.7 Å². The highest BCUT2D eigenvalue weighted by Crippen LogP contribution is 2.67. The molecule has 0 aromatic heterocycles. The second-order valence-corrected chi connectivity index (χ2v) is 12.3. The van der Waals surface area contributed by atoms with E-state index < -0.39 is 19.3 Å². The Kier molecular flexibility index (Phi) is 10.8. The maximum atomic E-state index is 12.8. The largest absolute Gasteiger partial charge is 0.480 e. The van der Waals surface area contributed by atoms with Crippen LogP contribution in [0.1, 0.15) is 91.9 Å². The topological polar surface area (TPSA) is 57.6 Å². The van der Waals surface area contributed by atoms with E-state index in [1.165, 1.54) is 57.0 Å². The first-order chi connectivity index (χ1) is 12.5. The number of hydrogen-bond acceptors (Lipinski definition) is 2. The van der Waals surface area contributed by atoms with Crippen molar-refractivity contribution in [3.8, 4) is 0 Å². The van der Waals surface area contributed by atoms with Gasteiger partial charge in [-0.2, -0.15) is 0 Å². The molecule has 0 spiro atoms. The number of likely N-dealkylation sites (tertiary alicyclic amines) is 1. The minimum atomic E-state index is -1.39. The van der Waals surface area contributed by atoms with Crippen molar-refractivity contribution in [2.45, 2.75) is 104 Å². The zero-order valence-electron chi connectivity index (χ0n) is 17.5. The van der Waals surface area contributed by atoms with Crippen LogP contribution in [0.2, 0.25) is 0 Å².